The van der Waals surface area contributed by atoms with Crippen molar-refractivity contribution in [3.8, 4) is 0 Å². The fourth-order valence-electron chi connectivity index (χ4n) is 1.38. The summed E-state index contributed by atoms with van der Waals surface area (Å²) in [6.07, 6.45) is 1.55. The zero-order chi connectivity index (χ0) is 13.0. The van der Waals surface area contributed by atoms with Gasteiger partial charge in [0.05, 0.1) is 17.5 Å². The molecule has 0 saturated heterocycles. The van der Waals surface area contributed by atoms with Crippen LogP contribution in [0.25, 0.3) is 0 Å². The SMILES string of the molecule is Cc1ccc(/C=N/Nc2ccc(C(=O)O)cc2)o1. The lowest BCUT2D eigenvalue weighted by Crippen LogP contribution is -1.96. The van der Waals surface area contributed by atoms with Crippen molar-refractivity contribution < 1.29 is 14.3 Å². The van der Waals surface area contributed by atoms with Gasteiger partial charge in [0, 0.05) is 0 Å². The molecule has 0 unspecified atom stereocenters. The van der Waals surface area contributed by atoms with E-state index in [1.807, 2.05) is 19.1 Å². The fourth-order valence-corrected chi connectivity index (χ4v) is 1.38. The molecule has 0 radical (unpaired) electrons. The number of furan rings is 1. The summed E-state index contributed by atoms with van der Waals surface area (Å²) in [5.74, 6) is 0.528. The van der Waals surface area contributed by atoms with Crippen LogP contribution in [0.3, 0.4) is 0 Å². The monoisotopic (exact) mass is 244 g/mol. The number of nitrogens with one attached hydrogen (secondary N) is 1. The normalized spacial score (nSPS) is 10.7. The minimum Gasteiger partial charge on any atom is -0.478 e. The topological polar surface area (TPSA) is 74.8 Å². The van der Waals surface area contributed by atoms with Gasteiger partial charge >= 0.3 is 5.97 Å². The van der Waals surface area contributed by atoms with Crippen molar-refractivity contribution in [2.24, 2.45) is 5.10 Å². The second-order valence-corrected chi connectivity index (χ2v) is 3.70. The van der Waals surface area contributed by atoms with Crippen molar-refractivity contribution in [3.63, 3.8) is 0 Å². The van der Waals surface area contributed by atoms with E-state index >= 15 is 0 Å². The van der Waals surface area contributed by atoms with E-state index in [2.05, 4.69) is 10.5 Å². The van der Waals surface area contributed by atoms with Crippen LogP contribution in [-0.2, 0) is 0 Å². The van der Waals surface area contributed by atoms with Crippen LogP contribution in [-0.4, -0.2) is 17.3 Å². The number of anilines is 1. The predicted molar refractivity (Wildman–Crippen MR) is 68.1 cm³/mol. The molecule has 92 valence electrons. The molecule has 5 heteroatoms. The number of hydrazone groups is 1. The summed E-state index contributed by atoms with van der Waals surface area (Å²) in [5.41, 5.74) is 3.73. The fraction of sp³-hybridized carbons (Fsp3) is 0.0769. The van der Waals surface area contributed by atoms with Crippen molar-refractivity contribution >= 4 is 17.9 Å². The number of benzene rings is 1. The molecule has 1 aromatic heterocycles. The van der Waals surface area contributed by atoms with Crippen LogP contribution in [0.15, 0.2) is 45.9 Å². The van der Waals surface area contributed by atoms with Crippen LogP contribution < -0.4 is 5.43 Å². The Morgan fingerprint density at radius 3 is 2.56 bits per heavy atom. The Morgan fingerprint density at radius 1 is 1.28 bits per heavy atom. The quantitative estimate of drug-likeness (QED) is 0.640. The second kappa shape index (κ2) is 5.18. The summed E-state index contributed by atoms with van der Waals surface area (Å²) < 4.78 is 5.30. The van der Waals surface area contributed by atoms with Crippen molar-refractivity contribution in [2.75, 3.05) is 5.43 Å². The standard InChI is InChI=1S/C13H12N2O3/c1-9-2-7-12(18-9)8-14-15-11-5-3-10(4-6-11)13(16)17/h2-8,15H,1H3,(H,16,17)/b14-8+. The molecule has 0 bridgehead atoms. The van der Waals surface area contributed by atoms with Gasteiger partial charge < -0.3 is 9.52 Å². The largest absolute Gasteiger partial charge is 0.478 e. The van der Waals surface area contributed by atoms with Crippen molar-refractivity contribution in [1.29, 1.82) is 0 Å². The van der Waals surface area contributed by atoms with E-state index in [0.29, 0.717) is 11.4 Å². The Kier molecular flexibility index (Phi) is 3.43. The van der Waals surface area contributed by atoms with Gasteiger partial charge in [-0.15, -0.1) is 0 Å². The number of hydrogen-bond acceptors (Lipinski definition) is 4. The first-order chi connectivity index (χ1) is 8.65. The van der Waals surface area contributed by atoms with Crippen LogP contribution in [0.1, 0.15) is 21.9 Å². The third kappa shape index (κ3) is 2.98. The second-order valence-electron chi connectivity index (χ2n) is 3.70. The molecule has 5 nitrogen and oxygen atoms in total. The highest BCUT2D eigenvalue weighted by atomic mass is 16.4. The molecule has 18 heavy (non-hydrogen) atoms. The number of aryl methyl sites for hydroxylation is 1. The van der Waals surface area contributed by atoms with Crippen molar-refractivity contribution in [2.45, 2.75) is 6.92 Å². The van der Waals surface area contributed by atoms with Gasteiger partial charge in [-0.2, -0.15) is 5.10 Å². The highest BCUT2D eigenvalue weighted by molar-refractivity contribution is 5.88. The van der Waals surface area contributed by atoms with E-state index in [1.165, 1.54) is 12.1 Å². The molecular weight excluding hydrogens is 232 g/mol. The summed E-state index contributed by atoms with van der Waals surface area (Å²) in [4.78, 5) is 10.7. The zero-order valence-electron chi connectivity index (χ0n) is 9.75. The van der Waals surface area contributed by atoms with Gasteiger partial charge in [-0.1, -0.05) is 0 Å². The molecule has 0 fully saturated rings. The third-order valence-electron chi connectivity index (χ3n) is 2.28. The Labute approximate surface area is 104 Å². The maximum absolute atomic E-state index is 10.7. The summed E-state index contributed by atoms with van der Waals surface area (Å²) in [6, 6.07) is 9.98. The molecule has 2 rings (SSSR count). The van der Waals surface area contributed by atoms with E-state index in [0.717, 1.165) is 5.76 Å². The summed E-state index contributed by atoms with van der Waals surface area (Å²) in [6.45, 7) is 1.86. The highest BCUT2D eigenvalue weighted by Crippen LogP contribution is 2.09. The third-order valence-corrected chi connectivity index (χ3v) is 2.28. The number of carboxylic acid groups (broad SMARTS) is 1. The Morgan fingerprint density at radius 2 is 2.00 bits per heavy atom. The molecule has 2 aromatic rings. The first-order valence-corrected chi connectivity index (χ1v) is 5.34. The van der Waals surface area contributed by atoms with Crippen LogP contribution in [0, 0.1) is 6.92 Å². The van der Waals surface area contributed by atoms with E-state index in [1.54, 1.807) is 18.3 Å². The molecule has 0 aliphatic carbocycles. The summed E-state index contributed by atoms with van der Waals surface area (Å²) >= 11 is 0. The Bertz CT molecular complexity index is 570. The predicted octanol–water partition coefficient (Wildman–Crippen LogP) is 2.73. The Hall–Kier alpha value is -2.56. The number of hydrogen-bond donors (Lipinski definition) is 2. The molecular formula is C13H12N2O3. The first-order valence-electron chi connectivity index (χ1n) is 5.34. The lowest BCUT2D eigenvalue weighted by atomic mass is 10.2. The maximum atomic E-state index is 10.7. The smallest absolute Gasteiger partial charge is 0.335 e. The maximum Gasteiger partial charge on any atom is 0.335 e. The molecule has 0 amide bonds. The molecule has 0 atom stereocenters. The van der Waals surface area contributed by atoms with Gasteiger partial charge in [0.25, 0.3) is 0 Å². The molecule has 0 spiro atoms. The van der Waals surface area contributed by atoms with Crippen molar-refractivity contribution in [1.82, 2.24) is 0 Å². The molecule has 0 saturated carbocycles. The lowest BCUT2D eigenvalue weighted by molar-refractivity contribution is 0.0697. The minimum atomic E-state index is -0.948. The van der Waals surface area contributed by atoms with Crippen LogP contribution in [0.2, 0.25) is 0 Å². The average Bonchev–Trinajstić information content (AvgIpc) is 2.76. The molecule has 0 aliphatic rings. The number of aromatic carboxylic acids is 1. The van der Waals surface area contributed by atoms with E-state index in [9.17, 15) is 4.79 Å². The number of carbonyl (C=O) groups is 1. The number of rotatable bonds is 4. The van der Waals surface area contributed by atoms with Crippen LogP contribution >= 0.6 is 0 Å². The lowest BCUT2D eigenvalue weighted by Gasteiger charge is -1.99. The summed E-state index contributed by atoms with van der Waals surface area (Å²) in [7, 11) is 0. The number of nitrogens with zero attached hydrogens (tertiary/aromatic N) is 1. The minimum absolute atomic E-state index is 0.242. The van der Waals surface area contributed by atoms with Gasteiger partial charge in [-0.05, 0) is 43.3 Å². The average molecular weight is 244 g/mol. The number of carboxylic acids is 1. The van der Waals surface area contributed by atoms with Crippen molar-refractivity contribution in [3.05, 3.63) is 53.5 Å². The zero-order valence-corrected chi connectivity index (χ0v) is 9.75. The van der Waals surface area contributed by atoms with Gasteiger partial charge in [0.2, 0.25) is 0 Å². The summed E-state index contributed by atoms with van der Waals surface area (Å²) in [5, 5.41) is 12.7. The van der Waals surface area contributed by atoms with Gasteiger partial charge in [0.1, 0.15) is 11.5 Å². The molecule has 2 N–H and O–H groups in total. The van der Waals surface area contributed by atoms with E-state index in [-0.39, 0.29) is 5.56 Å². The van der Waals surface area contributed by atoms with Crippen LogP contribution in [0.5, 0.6) is 0 Å². The highest BCUT2D eigenvalue weighted by Gasteiger charge is 2.00. The van der Waals surface area contributed by atoms with Gasteiger partial charge in [-0.25, -0.2) is 4.79 Å². The van der Waals surface area contributed by atoms with Gasteiger partial charge in [-0.3, -0.25) is 5.43 Å². The van der Waals surface area contributed by atoms with E-state index < -0.39 is 5.97 Å². The molecule has 1 aromatic carbocycles. The molecule has 1 heterocycles. The van der Waals surface area contributed by atoms with Crippen LogP contribution in [0.4, 0.5) is 5.69 Å². The molecule has 0 aliphatic heterocycles. The van der Waals surface area contributed by atoms with E-state index in [4.69, 9.17) is 9.52 Å². The van der Waals surface area contributed by atoms with Gasteiger partial charge in [0.15, 0.2) is 0 Å². The Balaban J connectivity index is 1.98. The first kappa shape index (κ1) is 11.9.